The van der Waals surface area contributed by atoms with Crippen molar-refractivity contribution in [2.75, 3.05) is 0 Å². The molecule has 0 aliphatic carbocycles. The third-order valence-electron chi connectivity index (χ3n) is 4.70. The summed E-state index contributed by atoms with van der Waals surface area (Å²) in [6.07, 6.45) is 13.4. The second kappa shape index (κ2) is 26.3. The molecule has 0 aliphatic rings. The first-order valence-corrected chi connectivity index (χ1v) is 33.7. The molecule has 0 amide bonds. The van der Waals surface area contributed by atoms with Crippen molar-refractivity contribution in [2.45, 2.75) is 29.6 Å². The third kappa shape index (κ3) is 24.4. The average Bonchev–Trinajstić information content (AvgIpc) is 3.76. The second-order valence-electron chi connectivity index (χ2n) is 10.8. The zero-order valence-corrected chi connectivity index (χ0v) is 32.9. The van der Waals surface area contributed by atoms with Crippen molar-refractivity contribution in [1.82, 2.24) is 0 Å². The van der Waals surface area contributed by atoms with E-state index in [0.717, 1.165) is 32.4 Å². The number of hydrogen-bond donors (Lipinski definition) is 0. The van der Waals surface area contributed by atoms with Gasteiger partial charge in [-0.1, -0.05) is 0 Å². The van der Waals surface area contributed by atoms with Crippen LogP contribution in [0.15, 0.2) is 85.9 Å². The van der Waals surface area contributed by atoms with Gasteiger partial charge in [-0.25, -0.2) is 0 Å². The molecule has 0 bridgehead atoms. The van der Waals surface area contributed by atoms with Gasteiger partial charge >= 0.3 is 188 Å². The van der Waals surface area contributed by atoms with Gasteiger partial charge in [0.2, 0.25) is 0 Å². The Morgan fingerprint density at radius 1 is 0.826 bits per heavy atom. The van der Waals surface area contributed by atoms with E-state index in [1.54, 1.807) is 48.8 Å². The molecule has 0 unspecified atom stereocenters. The van der Waals surface area contributed by atoms with Crippen LogP contribution in [0.3, 0.4) is 0 Å². The van der Waals surface area contributed by atoms with Gasteiger partial charge in [0.15, 0.2) is 0 Å². The van der Waals surface area contributed by atoms with Crippen molar-refractivity contribution >= 4 is 127 Å². The standard InChI is InChI=1S/C10H5N2O.C7H6O2.C7H5O2.6CH3.B4.B3.2Sn/c1-12-9(8-11)4-2-5-10-6-3-7-13-10;2*8-5-1-3-7-4-2-6-9-7;;;;;;;1-4(2)3;1-3-2;;/h2-6H;1-6H;1-5H;6*1H3;;;;/b5-2+,9-4-;2*3-1+;;;;;;;;;;. The predicted molar refractivity (Wildman–Crippen MR) is 202 cm³/mol. The molecule has 7 nitrogen and oxygen atoms in total. The fraction of sp³-hybridized carbons (Fsp3) is 0.200. The molecule has 0 saturated carbocycles. The van der Waals surface area contributed by atoms with Gasteiger partial charge in [0, 0.05) is 52.1 Å². The van der Waals surface area contributed by atoms with Gasteiger partial charge in [0.1, 0.15) is 12.0 Å². The molecule has 3 heterocycles. The molecular formula is C30H34B7N2O5Sn2. The van der Waals surface area contributed by atoms with Crippen molar-refractivity contribution in [1.29, 1.82) is 5.26 Å². The van der Waals surface area contributed by atoms with Crippen molar-refractivity contribution in [3.05, 3.63) is 101 Å². The number of rotatable bonds is 8. The summed E-state index contributed by atoms with van der Waals surface area (Å²) in [6, 6.07) is 13.2. The third-order valence-corrected chi connectivity index (χ3v) is 14.7. The molecule has 3 rings (SSSR count). The Bertz CT molecular complexity index is 1450. The molecule has 11 radical (unpaired) electrons. The SMILES string of the molecule is O=C/C=C/c1ccco1.[B]B([B])[B].[B][B][B].[C-]#[N+]/C(C#N)=C\C=C\c1cc[c]([Sn]([CH3])([CH3])[CH3])o1.[CH3][Sn]([CH3])([CH3])[c]1ccc(/C=C/C=O)o1. The zero-order valence-electron chi connectivity index (χ0n) is 27.2. The van der Waals surface area contributed by atoms with Crippen LogP contribution in [0.4, 0.5) is 0 Å². The minimum atomic E-state index is -2.11. The maximum absolute atomic E-state index is 10.1. The fourth-order valence-electron chi connectivity index (χ4n) is 2.68. The van der Waals surface area contributed by atoms with Crippen molar-refractivity contribution < 1.29 is 22.8 Å². The van der Waals surface area contributed by atoms with Crippen LogP contribution in [0.25, 0.3) is 23.1 Å². The van der Waals surface area contributed by atoms with Crippen molar-refractivity contribution in [3.63, 3.8) is 0 Å². The van der Waals surface area contributed by atoms with Gasteiger partial charge in [-0.05, 0) is 24.3 Å². The second-order valence-corrected chi connectivity index (χ2v) is 39.3. The average molecular weight is 816 g/mol. The van der Waals surface area contributed by atoms with Crippen LogP contribution in [0.1, 0.15) is 17.3 Å². The van der Waals surface area contributed by atoms with E-state index in [2.05, 4.69) is 73.2 Å². The number of nitriles is 1. The summed E-state index contributed by atoms with van der Waals surface area (Å²) < 4.78 is 18.5. The summed E-state index contributed by atoms with van der Waals surface area (Å²) in [5.74, 6) is 2.24. The number of aldehydes is 2. The number of carbonyl (C=O) groups is 2. The molecule has 223 valence electrons. The Labute approximate surface area is 290 Å². The van der Waals surface area contributed by atoms with E-state index in [4.69, 9.17) is 25.1 Å². The van der Waals surface area contributed by atoms with E-state index in [0.29, 0.717) is 12.0 Å². The molecule has 46 heavy (non-hydrogen) atoms. The predicted octanol–water partition coefficient (Wildman–Crippen LogP) is 4.03. The first-order valence-electron chi connectivity index (χ1n) is 13.7. The molecule has 0 aliphatic heterocycles. The molecule has 0 saturated heterocycles. The molecule has 3 aromatic heterocycles. The molecule has 0 atom stereocenters. The van der Waals surface area contributed by atoms with Crippen LogP contribution in [-0.2, 0) is 9.59 Å². The number of hydrogen-bond acceptors (Lipinski definition) is 6. The molecule has 0 spiro atoms. The van der Waals surface area contributed by atoms with Crippen LogP contribution in [-0.4, -0.2) is 101 Å². The van der Waals surface area contributed by atoms with E-state index in [-0.39, 0.29) is 5.70 Å². The van der Waals surface area contributed by atoms with Gasteiger partial charge in [0.05, 0.1) is 6.26 Å². The van der Waals surface area contributed by atoms with E-state index in [1.807, 2.05) is 24.3 Å². The Kier molecular flexibility index (Phi) is 25.9. The molecule has 0 aromatic carbocycles. The van der Waals surface area contributed by atoms with E-state index in [1.165, 1.54) is 18.2 Å². The topological polar surface area (TPSA) is 102 Å². The Morgan fingerprint density at radius 2 is 1.24 bits per heavy atom. The van der Waals surface area contributed by atoms with Gasteiger partial charge in [-0.15, -0.1) is 0 Å². The summed E-state index contributed by atoms with van der Waals surface area (Å²) in [4.78, 5) is 36.6. The molecule has 0 fully saturated rings. The number of nitrogens with zero attached hydrogens (tertiary/aromatic N) is 2. The summed E-state index contributed by atoms with van der Waals surface area (Å²) in [7, 11) is 24.0. The van der Waals surface area contributed by atoms with E-state index in [9.17, 15) is 9.59 Å². The fourth-order valence-corrected chi connectivity index (χ4v) is 8.43. The maximum atomic E-state index is 10.1. The van der Waals surface area contributed by atoms with E-state index >= 15 is 0 Å². The van der Waals surface area contributed by atoms with Crippen LogP contribution < -0.4 is 7.55 Å². The first kappa shape index (κ1) is 45.3. The summed E-state index contributed by atoms with van der Waals surface area (Å²) in [6.45, 7) is 6.71. The number of carbonyl (C=O) groups excluding carboxylic acids is 2. The van der Waals surface area contributed by atoms with Gasteiger partial charge < -0.3 is 4.42 Å². The van der Waals surface area contributed by atoms with Gasteiger partial charge in [0.25, 0.3) is 0 Å². The molecule has 3 aromatic rings. The molecular weight excluding hydrogens is 781 g/mol. The summed E-state index contributed by atoms with van der Waals surface area (Å²) >= 11 is -4.15. The zero-order chi connectivity index (χ0) is 35.6. The Morgan fingerprint density at radius 3 is 1.54 bits per heavy atom. The van der Waals surface area contributed by atoms with Crippen LogP contribution in [0.2, 0.25) is 29.6 Å². The van der Waals surface area contributed by atoms with Gasteiger partial charge in [-0.2, -0.15) is 0 Å². The van der Waals surface area contributed by atoms with Crippen molar-refractivity contribution in [2.24, 2.45) is 0 Å². The Hall–Kier alpha value is -2.83. The monoisotopic (exact) mass is 819 g/mol. The normalized spacial score (nSPS) is 10.8. The number of furan rings is 3. The Balaban J connectivity index is 0. The first-order chi connectivity index (χ1) is 21.6. The quantitative estimate of drug-likeness (QED) is 0.0852. The summed E-state index contributed by atoms with van der Waals surface area (Å²) in [5, 5.41) is 8.55. The van der Waals surface area contributed by atoms with Crippen LogP contribution in [0, 0.1) is 17.9 Å². The molecule has 0 N–H and O–H groups in total. The number of allylic oxidation sites excluding steroid dienone is 5. The van der Waals surface area contributed by atoms with E-state index < -0.39 is 43.1 Å². The van der Waals surface area contributed by atoms with Crippen LogP contribution >= 0.6 is 0 Å². The summed E-state index contributed by atoms with van der Waals surface area (Å²) in [5.41, 5.74) is 0.0722. The minimum absolute atomic E-state index is 0.0722. The van der Waals surface area contributed by atoms with Gasteiger partial charge in [-0.3, -0.25) is 4.79 Å². The molecule has 16 heteroatoms. The van der Waals surface area contributed by atoms with Crippen molar-refractivity contribution in [3.8, 4) is 6.07 Å². The van der Waals surface area contributed by atoms with Crippen LogP contribution in [0.5, 0.6) is 0 Å².